The van der Waals surface area contributed by atoms with E-state index in [-0.39, 0.29) is 11.8 Å². The molecule has 6 heteroatoms. The van der Waals surface area contributed by atoms with E-state index in [0.29, 0.717) is 29.4 Å². The van der Waals surface area contributed by atoms with Crippen molar-refractivity contribution in [3.8, 4) is 0 Å². The Hall–Kier alpha value is -1.26. The second-order valence-corrected chi connectivity index (χ2v) is 5.99. The van der Waals surface area contributed by atoms with Gasteiger partial charge in [-0.2, -0.15) is 0 Å². The van der Waals surface area contributed by atoms with Crippen LogP contribution in [0.2, 0.25) is 10.0 Å². The Morgan fingerprint density at radius 1 is 1.45 bits per heavy atom. The summed E-state index contributed by atoms with van der Waals surface area (Å²) < 4.78 is 0. The first-order valence-electron chi connectivity index (χ1n) is 6.33. The Bertz CT molecular complexity index is 562. The number of hydrogen-bond acceptors (Lipinski definition) is 2. The van der Waals surface area contributed by atoms with Crippen LogP contribution in [0, 0.1) is 0 Å². The average Bonchev–Trinajstić information content (AvgIpc) is 2.66. The Morgan fingerprint density at radius 3 is 2.70 bits per heavy atom. The third kappa shape index (κ3) is 2.76. The highest BCUT2D eigenvalue weighted by molar-refractivity contribution is 6.35. The number of hydrogen-bond donors (Lipinski definition) is 1. The van der Waals surface area contributed by atoms with Gasteiger partial charge < -0.3 is 10.2 Å². The zero-order valence-corrected chi connectivity index (χ0v) is 12.9. The molecule has 0 spiro atoms. The molecule has 1 aromatic rings. The van der Waals surface area contributed by atoms with Gasteiger partial charge in [-0.15, -0.1) is 0 Å². The molecule has 1 heterocycles. The molecule has 1 saturated heterocycles. The van der Waals surface area contributed by atoms with Crippen LogP contribution in [0.3, 0.4) is 0 Å². The van der Waals surface area contributed by atoms with Crippen molar-refractivity contribution in [2.45, 2.75) is 31.8 Å². The van der Waals surface area contributed by atoms with Crippen LogP contribution in [0.4, 0.5) is 0 Å². The number of likely N-dealkylation sites (N-methyl/N-ethyl adjacent to an activating group) is 1. The summed E-state index contributed by atoms with van der Waals surface area (Å²) in [4.78, 5) is 25.4. The minimum Gasteiger partial charge on any atom is -0.350 e. The highest BCUT2D eigenvalue weighted by Gasteiger charge is 2.44. The molecular weight excluding hydrogens is 299 g/mol. The van der Waals surface area contributed by atoms with E-state index in [9.17, 15) is 9.59 Å². The van der Waals surface area contributed by atoms with Crippen molar-refractivity contribution in [2.75, 3.05) is 7.05 Å². The lowest BCUT2D eigenvalue weighted by Gasteiger charge is -2.30. The number of nitrogens with zero attached hydrogens (tertiary/aromatic N) is 1. The number of carbonyl (C=O) groups excluding carboxylic acids is 2. The number of amides is 2. The van der Waals surface area contributed by atoms with Crippen molar-refractivity contribution in [3.63, 3.8) is 0 Å². The van der Waals surface area contributed by atoms with E-state index in [2.05, 4.69) is 5.32 Å². The highest BCUT2D eigenvalue weighted by Crippen LogP contribution is 2.28. The summed E-state index contributed by atoms with van der Waals surface area (Å²) in [7, 11) is 1.66. The van der Waals surface area contributed by atoms with Gasteiger partial charge >= 0.3 is 0 Å². The van der Waals surface area contributed by atoms with E-state index in [1.807, 2.05) is 0 Å². The maximum absolute atomic E-state index is 12.3. The first-order valence-corrected chi connectivity index (χ1v) is 7.09. The molecule has 0 saturated carbocycles. The minimum atomic E-state index is -0.782. The molecule has 0 bridgehead atoms. The molecule has 108 valence electrons. The molecule has 0 aliphatic carbocycles. The topological polar surface area (TPSA) is 49.4 Å². The first kappa shape index (κ1) is 15.1. The third-order valence-electron chi connectivity index (χ3n) is 3.88. The predicted octanol–water partition coefficient (Wildman–Crippen LogP) is 2.62. The molecule has 4 nitrogen and oxygen atoms in total. The summed E-state index contributed by atoms with van der Waals surface area (Å²) in [5.74, 6) is -0.177. The fourth-order valence-electron chi connectivity index (χ4n) is 2.26. The summed E-state index contributed by atoms with van der Waals surface area (Å²) in [6.45, 7) is 2.09. The quantitative estimate of drug-likeness (QED) is 0.932. The van der Waals surface area contributed by atoms with E-state index in [4.69, 9.17) is 23.2 Å². The summed E-state index contributed by atoms with van der Waals surface area (Å²) in [5, 5.41) is 3.90. The van der Waals surface area contributed by atoms with Crippen LogP contribution in [0.1, 0.15) is 25.3 Å². The molecule has 1 atom stereocenters. The molecule has 1 aromatic carbocycles. The molecule has 1 aliphatic heterocycles. The second-order valence-electron chi connectivity index (χ2n) is 5.15. The molecule has 1 fully saturated rings. The van der Waals surface area contributed by atoms with Gasteiger partial charge in [0, 0.05) is 30.1 Å². The Labute approximate surface area is 128 Å². The van der Waals surface area contributed by atoms with Crippen molar-refractivity contribution in [2.24, 2.45) is 0 Å². The number of benzene rings is 1. The molecule has 0 radical (unpaired) electrons. The molecule has 2 amide bonds. The molecule has 0 unspecified atom stereocenters. The van der Waals surface area contributed by atoms with Gasteiger partial charge in [0.15, 0.2) is 0 Å². The fourth-order valence-corrected chi connectivity index (χ4v) is 2.73. The van der Waals surface area contributed by atoms with E-state index < -0.39 is 5.54 Å². The molecule has 1 aliphatic rings. The van der Waals surface area contributed by atoms with Crippen molar-refractivity contribution < 1.29 is 9.59 Å². The standard InChI is InChI=1S/C14H16Cl2N2O2/c1-14(6-5-12(19)18(14)2)13(20)17-8-9-3-4-10(15)7-11(9)16/h3-4,7H,5-6,8H2,1-2H3,(H,17,20)/t14-/m0/s1. The molecule has 0 aromatic heterocycles. The summed E-state index contributed by atoms with van der Waals surface area (Å²) in [6, 6.07) is 5.14. The van der Waals surface area contributed by atoms with Crippen molar-refractivity contribution in [1.82, 2.24) is 10.2 Å². The summed E-state index contributed by atoms with van der Waals surface area (Å²) in [5.41, 5.74) is 0.00990. The van der Waals surface area contributed by atoms with Crippen LogP contribution < -0.4 is 5.32 Å². The molecule has 1 N–H and O–H groups in total. The SMILES string of the molecule is CN1C(=O)CC[C@@]1(C)C(=O)NCc1ccc(Cl)cc1Cl. The van der Waals surface area contributed by atoms with E-state index in [0.717, 1.165) is 5.56 Å². The zero-order valence-electron chi connectivity index (χ0n) is 11.4. The number of nitrogens with one attached hydrogen (secondary N) is 1. The zero-order chi connectivity index (χ0) is 14.9. The Morgan fingerprint density at radius 2 is 2.15 bits per heavy atom. The van der Waals surface area contributed by atoms with Crippen LogP contribution in [-0.4, -0.2) is 29.3 Å². The lowest BCUT2D eigenvalue weighted by molar-refractivity contribution is -0.138. The van der Waals surface area contributed by atoms with Crippen LogP contribution in [0.5, 0.6) is 0 Å². The first-order chi connectivity index (χ1) is 9.34. The summed E-state index contributed by atoms with van der Waals surface area (Å²) >= 11 is 11.9. The van der Waals surface area contributed by atoms with Gasteiger partial charge in [0.1, 0.15) is 5.54 Å². The van der Waals surface area contributed by atoms with Crippen molar-refractivity contribution >= 4 is 35.0 Å². The highest BCUT2D eigenvalue weighted by atomic mass is 35.5. The summed E-state index contributed by atoms with van der Waals surface area (Å²) in [6.07, 6.45) is 0.935. The normalized spacial score (nSPS) is 22.2. The second kappa shape index (κ2) is 5.62. The number of carbonyl (C=O) groups is 2. The van der Waals surface area contributed by atoms with Crippen LogP contribution in [0.25, 0.3) is 0 Å². The van der Waals surface area contributed by atoms with Gasteiger partial charge in [-0.1, -0.05) is 29.3 Å². The van der Waals surface area contributed by atoms with Gasteiger partial charge in [0.25, 0.3) is 0 Å². The van der Waals surface area contributed by atoms with E-state index in [1.54, 1.807) is 32.2 Å². The predicted molar refractivity (Wildman–Crippen MR) is 78.7 cm³/mol. The maximum Gasteiger partial charge on any atom is 0.245 e. The monoisotopic (exact) mass is 314 g/mol. The van der Waals surface area contributed by atoms with Crippen LogP contribution in [-0.2, 0) is 16.1 Å². The van der Waals surface area contributed by atoms with Crippen LogP contribution in [0.15, 0.2) is 18.2 Å². The smallest absolute Gasteiger partial charge is 0.245 e. The van der Waals surface area contributed by atoms with Crippen LogP contribution >= 0.6 is 23.2 Å². The van der Waals surface area contributed by atoms with Crippen molar-refractivity contribution in [1.29, 1.82) is 0 Å². The minimum absolute atomic E-state index is 0.00725. The van der Waals surface area contributed by atoms with E-state index in [1.165, 1.54) is 4.90 Å². The molecule has 20 heavy (non-hydrogen) atoms. The number of halogens is 2. The van der Waals surface area contributed by atoms with Gasteiger partial charge in [0.2, 0.25) is 11.8 Å². The molecular formula is C14H16Cl2N2O2. The van der Waals surface area contributed by atoms with Crippen molar-refractivity contribution in [3.05, 3.63) is 33.8 Å². The Kier molecular flexibility index (Phi) is 4.25. The van der Waals surface area contributed by atoms with Gasteiger partial charge in [-0.05, 0) is 31.0 Å². The largest absolute Gasteiger partial charge is 0.350 e. The average molecular weight is 315 g/mol. The number of rotatable bonds is 3. The maximum atomic E-state index is 12.3. The molecule has 2 rings (SSSR count). The van der Waals surface area contributed by atoms with E-state index >= 15 is 0 Å². The lowest BCUT2D eigenvalue weighted by atomic mass is 9.98. The lowest BCUT2D eigenvalue weighted by Crippen LogP contribution is -2.52. The van der Waals surface area contributed by atoms with Gasteiger partial charge in [-0.25, -0.2) is 0 Å². The van der Waals surface area contributed by atoms with Gasteiger partial charge in [0.05, 0.1) is 0 Å². The Balaban J connectivity index is 2.04. The fraction of sp³-hybridized carbons (Fsp3) is 0.429. The van der Waals surface area contributed by atoms with Gasteiger partial charge in [-0.3, -0.25) is 9.59 Å². The number of likely N-dealkylation sites (tertiary alicyclic amines) is 1. The third-order valence-corrected chi connectivity index (χ3v) is 4.47.